The number of nitrogens with zero attached hydrogens (tertiary/aromatic N) is 4. The van der Waals surface area contributed by atoms with Gasteiger partial charge in [0.25, 0.3) is 11.6 Å². The number of carbonyl (C=O) groups excluding carboxylic acids is 1. The number of carbonyl (C=O) groups is 1. The van der Waals surface area contributed by atoms with E-state index in [0.717, 1.165) is 5.56 Å². The third-order valence-electron chi connectivity index (χ3n) is 2.91. The second kappa shape index (κ2) is 6.28. The number of hydrogen-bond donors (Lipinski definition) is 1. The Morgan fingerprint density at radius 3 is 2.43 bits per heavy atom. The van der Waals surface area contributed by atoms with Crippen molar-refractivity contribution in [2.45, 2.75) is 0 Å². The number of anilines is 1. The summed E-state index contributed by atoms with van der Waals surface area (Å²) < 4.78 is 0. The maximum atomic E-state index is 12.1. The van der Waals surface area contributed by atoms with Gasteiger partial charge in [0.15, 0.2) is 0 Å². The summed E-state index contributed by atoms with van der Waals surface area (Å²) >= 11 is 1.23. The van der Waals surface area contributed by atoms with Gasteiger partial charge in [-0.1, -0.05) is 11.3 Å². The summed E-state index contributed by atoms with van der Waals surface area (Å²) in [5, 5.41) is 22.1. The Morgan fingerprint density at radius 2 is 1.78 bits per heavy atom. The number of benzene rings is 1. The molecule has 114 valence electrons. The van der Waals surface area contributed by atoms with Crippen LogP contribution in [0, 0.1) is 10.1 Å². The zero-order valence-corrected chi connectivity index (χ0v) is 12.4. The summed E-state index contributed by atoms with van der Waals surface area (Å²) in [6.45, 7) is 0. The lowest BCUT2D eigenvalue weighted by Crippen LogP contribution is -2.11. The van der Waals surface area contributed by atoms with Crippen LogP contribution in [0.1, 0.15) is 10.4 Å². The van der Waals surface area contributed by atoms with Gasteiger partial charge in [0.1, 0.15) is 5.01 Å². The maximum Gasteiger partial charge on any atom is 0.269 e. The Bertz CT molecular complexity index is 848. The molecule has 2 heterocycles. The molecule has 23 heavy (non-hydrogen) atoms. The van der Waals surface area contributed by atoms with Crippen LogP contribution < -0.4 is 5.32 Å². The predicted octanol–water partition coefficient (Wildman–Crippen LogP) is 2.76. The third-order valence-corrected chi connectivity index (χ3v) is 3.80. The largest absolute Gasteiger partial charge is 0.296 e. The van der Waals surface area contributed by atoms with Crippen LogP contribution >= 0.6 is 11.3 Å². The number of hydrogen-bond acceptors (Lipinski definition) is 7. The van der Waals surface area contributed by atoms with Gasteiger partial charge in [-0.05, 0) is 24.3 Å². The quantitative estimate of drug-likeness (QED) is 0.582. The minimum Gasteiger partial charge on any atom is -0.296 e. The molecule has 0 radical (unpaired) electrons. The van der Waals surface area contributed by atoms with Crippen molar-refractivity contribution in [3.63, 3.8) is 0 Å². The normalized spacial score (nSPS) is 10.3. The Balaban J connectivity index is 1.73. The Hall–Kier alpha value is -3.20. The SMILES string of the molecule is O=C(Nc1nnc(-c2ccncc2)s1)c1ccc([N+](=O)[O-])cc1. The topological polar surface area (TPSA) is 111 Å². The van der Waals surface area contributed by atoms with E-state index in [-0.39, 0.29) is 5.69 Å². The molecule has 1 aromatic carbocycles. The molecule has 0 aliphatic carbocycles. The fourth-order valence-electron chi connectivity index (χ4n) is 1.79. The van der Waals surface area contributed by atoms with Crippen LogP contribution in [0.4, 0.5) is 10.8 Å². The molecule has 0 aliphatic rings. The van der Waals surface area contributed by atoms with Crippen molar-refractivity contribution in [2.75, 3.05) is 5.32 Å². The van der Waals surface area contributed by atoms with Crippen LogP contribution in [0.2, 0.25) is 0 Å². The first-order chi connectivity index (χ1) is 11.1. The van der Waals surface area contributed by atoms with Crippen molar-refractivity contribution in [3.05, 3.63) is 64.5 Å². The fourth-order valence-corrected chi connectivity index (χ4v) is 2.53. The van der Waals surface area contributed by atoms with Gasteiger partial charge in [0, 0.05) is 35.7 Å². The molecule has 0 spiro atoms. The van der Waals surface area contributed by atoms with Gasteiger partial charge in [-0.15, -0.1) is 10.2 Å². The molecule has 0 saturated heterocycles. The first-order valence-corrected chi connectivity index (χ1v) is 7.25. The highest BCUT2D eigenvalue weighted by Gasteiger charge is 2.12. The minimum atomic E-state index is -0.520. The van der Waals surface area contributed by atoms with Crippen molar-refractivity contribution in [2.24, 2.45) is 0 Å². The first kappa shape index (κ1) is 14.7. The van der Waals surface area contributed by atoms with E-state index < -0.39 is 10.8 Å². The zero-order valence-electron chi connectivity index (χ0n) is 11.5. The van der Waals surface area contributed by atoms with E-state index in [1.807, 2.05) is 0 Å². The molecule has 3 rings (SSSR count). The van der Waals surface area contributed by atoms with Crippen LogP contribution in [-0.4, -0.2) is 26.0 Å². The molecule has 0 fully saturated rings. The van der Waals surface area contributed by atoms with Crippen LogP contribution in [0.25, 0.3) is 10.6 Å². The summed E-state index contributed by atoms with van der Waals surface area (Å²) in [4.78, 5) is 26.1. The fraction of sp³-hybridized carbons (Fsp3) is 0. The lowest BCUT2D eigenvalue weighted by Gasteiger charge is -2.00. The summed E-state index contributed by atoms with van der Waals surface area (Å²) in [7, 11) is 0. The Labute approximate surface area is 134 Å². The van der Waals surface area contributed by atoms with Crippen molar-refractivity contribution < 1.29 is 9.72 Å². The van der Waals surface area contributed by atoms with Gasteiger partial charge >= 0.3 is 0 Å². The highest BCUT2D eigenvalue weighted by atomic mass is 32.1. The number of nitro groups is 1. The van der Waals surface area contributed by atoms with E-state index in [9.17, 15) is 14.9 Å². The van der Waals surface area contributed by atoms with Crippen molar-refractivity contribution in [1.82, 2.24) is 15.2 Å². The van der Waals surface area contributed by atoms with Crippen LogP contribution in [0.5, 0.6) is 0 Å². The number of rotatable bonds is 4. The van der Waals surface area contributed by atoms with E-state index in [1.165, 1.54) is 35.6 Å². The smallest absolute Gasteiger partial charge is 0.269 e. The molecule has 1 N–H and O–H groups in total. The predicted molar refractivity (Wildman–Crippen MR) is 84.2 cm³/mol. The maximum absolute atomic E-state index is 12.1. The molecule has 2 aromatic heterocycles. The number of amides is 1. The van der Waals surface area contributed by atoms with Gasteiger partial charge in [-0.2, -0.15) is 0 Å². The molecule has 0 saturated carbocycles. The molecule has 3 aromatic rings. The van der Waals surface area contributed by atoms with E-state index in [0.29, 0.717) is 15.7 Å². The van der Waals surface area contributed by atoms with Crippen molar-refractivity contribution in [3.8, 4) is 10.6 Å². The second-order valence-corrected chi connectivity index (χ2v) is 5.38. The van der Waals surface area contributed by atoms with Gasteiger partial charge < -0.3 is 0 Å². The summed E-state index contributed by atoms with van der Waals surface area (Å²) in [6, 6.07) is 8.91. The molecular weight excluding hydrogens is 318 g/mol. The summed E-state index contributed by atoms with van der Waals surface area (Å²) in [5.41, 5.74) is 1.09. The average Bonchev–Trinajstić information content (AvgIpc) is 3.04. The number of non-ortho nitro benzene ring substituents is 1. The molecule has 0 unspecified atom stereocenters. The van der Waals surface area contributed by atoms with Crippen LogP contribution in [0.15, 0.2) is 48.8 Å². The number of pyridine rings is 1. The van der Waals surface area contributed by atoms with Gasteiger partial charge in [0.05, 0.1) is 4.92 Å². The van der Waals surface area contributed by atoms with Crippen molar-refractivity contribution in [1.29, 1.82) is 0 Å². The standard InChI is InChI=1S/C14H9N5O3S/c20-12(9-1-3-11(4-2-9)19(21)22)16-14-18-17-13(23-14)10-5-7-15-8-6-10/h1-8H,(H,16,18,20). The van der Waals surface area contributed by atoms with E-state index in [2.05, 4.69) is 20.5 Å². The number of aromatic nitrogens is 3. The highest BCUT2D eigenvalue weighted by Crippen LogP contribution is 2.26. The number of nitrogens with one attached hydrogen (secondary N) is 1. The molecule has 8 nitrogen and oxygen atoms in total. The van der Waals surface area contributed by atoms with Crippen molar-refractivity contribution >= 4 is 28.1 Å². The second-order valence-electron chi connectivity index (χ2n) is 4.41. The molecular formula is C14H9N5O3S. The molecule has 9 heteroatoms. The minimum absolute atomic E-state index is 0.0718. The van der Waals surface area contributed by atoms with Gasteiger partial charge in [-0.25, -0.2) is 0 Å². The monoisotopic (exact) mass is 327 g/mol. The molecule has 1 amide bonds. The highest BCUT2D eigenvalue weighted by molar-refractivity contribution is 7.18. The third kappa shape index (κ3) is 3.35. The molecule has 0 atom stereocenters. The zero-order chi connectivity index (χ0) is 16.2. The average molecular weight is 327 g/mol. The van der Waals surface area contributed by atoms with Crippen LogP contribution in [0.3, 0.4) is 0 Å². The van der Waals surface area contributed by atoms with E-state index in [1.54, 1.807) is 24.5 Å². The first-order valence-electron chi connectivity index (χ1n) is 6.43. The van der Waals surface area contributed by atoms with Crippen LogP contribution in [-0.2, 0) is 0 Å². The molecule has 0 bridgehead atoms. The summed E-state index contributed by atoms with van der Waals surface area (Å²) in [6.07, 6.45) is 3.29. The lowest BCUT2D eigenvalue weighted by atomic mass is 10.2. The van der Waals surface area contributed by atoms with Gasteiger partial charge in [-0.3, -0.25) is 25.2 Å². The number of nitro benzene ring substituents is 1. The Morgan fingerprint density at radius 1 is 1.09 bits per heavy atom. The van der Waals surface area contributed by atoms with E-state index in [4.69, 9.17) is 0 Å². The van der Waals surface area contributed by atoms with Gasteiger partial charge in [0.2, 0.25) is 5.13 Å². The van der Waals surface area contributed by atoms with E-state index >= 15 is 0 Å². The lowest BCUT2D eigenvalue weighted by molar-refractivity contribution is -0.384. The Kier molecular flexibility index (Phi) is 4.02. The summed E-state index contributed by atoms with van der Waals surface area (Å²) in [5.74, 6) is -0.405. The molecule has 0 aliphatic heterocycles.